The first-order valence-corrected chi connectivity index (χ1v) is 9.66. The third-order valence-corrected chi connectivity index (χ3v) is 5.38. The van der Waals surface area contributed by atoms with E-state index in [0.29, 0.717) is 27.5 Å². The van der Waals surface area contributed by atoms with Gasteiger partial charge in [0, 0.05) is 16.3 Å². The smallest absolute Gasteiger partial charge is 0.255 e. The summed E-state index contributed by atoms with van der Waals surface area (Å²) >= 11 is 5.80. The monoisotopic (exact) mass is 404 g/mol. The minimum atomic E-state index is -3.96. The molecule has 0 aliphatic heterocycles. The molecule has 9 heteroatoms. The van der Waals surface area contributed by atoms with Crippen LogP contribution in [0.15, 0.2) is 57.9 Å². The maximum Gasteiger partial charge on any atom is 0.255 e. The van der Waals surface area contributed by atoms with Crippen molar-refractivity contribution in [2.75, 3.05) is 5.32 Å². The Morgan fingerprint density at radius 1 is 1.07 bits per heavy atom. The number of hydrogen-bond acceptors (Lipinski definition) is 5. The van der Waals surface area contributed by atoms with Gasteiger partial charge in [0.05, 0.1) is 16.5 Å². The Morgan fingerprint density at radius 3 is 2.26 bits per heavy atom. The van der Waals surface area contributed by atoms with E-state index in [2.05, 4.69) is 15.2 Å². The maximum atomic E-state index is 12.4. The van der Waals surface area contributed by atoms with Crippen molar-refractivity contribution in [2.45, 2.75) is 18.7 Å². The van der Waals surface area contributed by atoms with Crippen molar-refractivity contribution in [1.29, 1.82) is 0 Å². The third kappa shape index (κ3) is 4.29. The largest absolute Gasteiger partial charge is 0.539 e. The van der Waals surface area contributed by atoms with E-state index in [1.165, 1.54) is 24.3 Å². The summed E-state index contributed by atoms with van der Waals surface area (Å²) in [6, 6.07) is 12.1. The first-order chi connectivity index (χ1) is 12.8. The lowest BCUT2D eigenvalue weighted by Crippen LogP contribution is -2.11. The van der Waals surface area contributed by atoms with Crippen LogP contribution in [0, 0.1) is 13.8 Å². The molecule has 1 N–H and O–H groups in total. The number of aromatic nitrogens is 1. The van der Waals surface area contributed by atoms with Crippen molar-refractivity contribution < 1.29 is 17.7 Å². The van der Waals surface area contributed by atoms with E-state index in [0.717, 1.165) is 0 Å². The standard InChI is InChI=1S/C18H16ClN3O4S/c1-11-12(2)21-26-18(11)22-27(24,25)16-9-7-15(8-10-16)20-17(23)13-3-5-14(19)6-4-13/h3-10H,1-2H3,(H2,20,21,22,23)/p-1. The maximum absolute atomic E-state index is 12.4. The summed E-state index contributed by atoms with van der Waals surface area (Å²) in [5, 5.41) is 6.90. The molecule has 0 fully saturated rings. The van der Waals surface area contributed by atoms with E-state index in [1.54, 1.807) is 38.1 Å². The fraction of sp³-hybridized carbons (Fsp3) is 0.111. The van der Waals surface area contributed by atoms with Crippen LogP contribution in [-0.2, 0) is 10.0 Å². The lowest BCUT2D eigenvalue weighted by Gasteiger charge is -2.19. The summed E-state index contributed by atoms with van der Waals surface area (Å²) in [7, 11) is -3.96. The van der Waals surface area contributed by atoms with E-state index >= 15 is 0 Å². The molecule has 0 radical (unpaired) electrons. The zero-order valence-corrected chi connectivity index (χ0v) is 16.0. The van der Waals surface area contributed by atoms with Crippen molar-refractivity contribution in [3.63, 3.8) is 0 Å². The van der Waals surface area contributed by atoms with Crippen LogP contribution in [0.1, 0.15) is 21.6 Å². The molecular weight excluding hydrogens is 390 g/mol. The minimum Gasteiger partial charge on any atom is -0.539 e. The first kappa shape index (κ1) is 18.9. The number of amides is 1. The molecule has 3 rings (SSSR count). The lowest BCUT2D eigenvalue weighted by atomic mass is 10.2. The Labute approximate surface area is 161 Å². The fourth-order valence-corrected chi connectivity index (χ4v) is 3.27. The number of sulfonamides is 1. The summed E-state index contributed by atoms with van der Waals surface area (Å²) < 4.78 is 33.4. The second-order valence-corrected chi connectivity index (χ2v) is 7.79. The zero-order valence-electron chi connectivity index (χ0n) is 14.4. The molecule has 0 unspecified atom stereocenters. The molecule has 0 aliphatic carbocycles. The first-order valence-electron chi connectivity index (χ1n) is 7.84. The number of benzene rings is 2. The van der Waals surface area contributed by atoms with Gasteiger partial charge in [0.1, 0.15) is 10.0 Å². The van der Waals surface area contributed by atoms with Crippen LogP contribution in [0.2, 0.25) is 5.02 Å². The predicted molar refractivity (Wildman–Crippen MR) is 102 cm³/mol. The van der Waals surface area contributed by atoms with Crippen molar-refractivity contribution in [3.8, 4) is 0 Å². The van der Waals surface area contributed by atoms with Crippen molar-refractivity contribution in [1.82, 2.24) is 5.16 Å². The highest BCUT2D eigenvalue weighted by Gasteiger charge is 2.11. The predicted octanol–water partition coefficient (Wildman–Crippen LogP) is 4.59. The molecule has 3 aromatic rings. The number of aryl methyl sites for hydroxylation is 1. The zero-order chi connectivity index (χ0) is 19.6. The molecule has 0 spiro atoms. The van der Waals surface area contributed by atoms with Gasteiger partial charge >= 0.3 is 0 Å². The highest BCUT2D eigenvalue weighted by molar-refractivity contribution is 7.94. The van der Waals surface area contributed by atoms with Gasteiger partial charge in [-0.05, 0) is 67.9 Å². The van der Waals surface area contributed by atoms with E-state index in [-0.39, 0.29) is 16.7 Å². The lowest BCUT2D eigenvalue weighted by molar-refractivity contribution is 0.102. The summed E-state index contributed by atoms with van der Waals surface area (Å²) in [5.41, 5.74) is 2.01. The van der Waals surface area contributed by atoms with Gasteiger partial charge in [0.2, 0.25) is 0 Å². The van der Waals surface area contributed by atoms with Gasteiger partial charge in [-0.2, -0.15) is 0 Å². The van der Waals surface area contributed by atoms with Crippen molar-refractivity contribution in [2.24, 2.45) is 0 Å². The Balaban J connectivity index is 1.73. The molecule has 0 bridgehead atoms. The van der Waals surface area contributed by atoms with Gasteiger partial charge < -0.3 is 14.6 Å². The highest BCUT2D eigenvalue weighted by Crippen LogP contribution is 2.32. The molecule has 1 amide bonds. The number of rotatable bonds is 5. The van der Waals surface area contributed by atoms with Crippen LogP contribution >= 0.6 is 11.6 Å². The molecule has 7 nitrogen and oxygen atoms in total. The summed E-state index contributed by atoms with van der Waals surface area (Å²) in [6.45, 7) is 3.37. The van der Waals surface area contributed by atoms with Gasteiger partial charge in [-0.3, -0.25) is 4.79 Å². The molecule has 27 heavy (non-hydrogen) atoms. The second-order valence-electron chi connectivity index (χ2n) is 5.75. The Hall–Kier alpha value is -2.84. The molecule has 1 aromatic heterocycles. The van der Waals surface area contributed by atoms with Crippen molar-refractivity contribution >= 4 is 39.1 Å². The van der Waals surface area contributed by atoms with Crippen LogP contribution in [0.3, 0.4) is 0 Å². The molecule has 0 saturated carbocycles. The van der Waals surface area contributed by atoms with E-state index in [4.69, 9.17) is 16.1 Å². The van der Waals surface area contributed by atoms with E-state index in [1.807, 2.05) is 0 Å². The molecule has 1 heterocycles. The van der Waals surface area contributed by atoms with Gasteiger partial charge in [-0.1, -0.05) is 16.8 Å². The Bertz CT molecular complexity index is 1070. The molecule has 2 aromatic carbocycles. The average molecular weight is 405 g/mol. The number of nitrogens with zero attached hydrogens (tertiary/aromatic N) is 2. The van der Waals surface area contributed by atoms with Gasteiger partial charge in [0.15, 0.2) is 0 Å². The van der Waals surface area contributed by atoms with Crippen LogP contribution < -0.4 is 5.32 Å². The average Bonchev–Trinajstić information content (AvgIpc) is 2.94. The van der Waals surface area contributed by atoms with Crippen LogP contribution in [0.5, 0.6) is 0 Å². The molecular formula is C18H15ClN3O4S-. The molecule has 0 aliphatic rings. The number of carbonyl (C=O) groups is 1. The summed E-state index contributed by atoms with van der Waals surface area (Å²) in [6.07, 6.45) is 0. The van der Waals surface area contributed by atoms with Gasteiger partial charge in [-0.15, -0.1) is 0 Å². The van der Waals surface area contributed by atoms with Gasteiger partial charge in [0.25, 0.3) is 5.91 Å². The summed E-state index contributed by atoms with van der Waals surface area (Å²) in [5.74, 6) is -0.382. The molecule has 140 valence electrons. The third-order valence-electron chi connectivity index (χ3n) is 3.85. The van der Waals surface area contributed by atoms with Crippen LogP contribution in [-0.4, -0.2) is 19.5 Å². The Morgan fingerprint density at radius 2 is 1.70 bits per heavy atom. The number of carbonyl (C=O) groups excluding carboxylic acids is 1. The Kier molecular flexibility index (Phi) is 5.20. The number of nitrogens with one attached hydrogen (secondary N) is 1. The second kappa shape index (κ2) is 7.42. The van der Waals surface area contributed by atoms with Crippen molar-refractivity contribution in [3.05, 3.63) is 75.1 Å². The summed E-state index contributed by atoms with van der Waals surface area (Å²) in [4.78, 5) is 12.2. The fourth-order valence-electron chi connectivity index (χ4n) is 2.17. The normalized spacial score (nSPS) is 11.2. The molecule has 0 saturated heterocycles. The number of halogens is 1. The number of hydrogen-bond donors (Lipinski definition) is 1. The minimum absolute atomic E-state index is 0.0274. The van der Waals surface area contributed by atoms with E-state index in [9.17, 15) is 13.2 Å². The topological polar surface area (TPSA) is 103 Å². The number of anilines is 1. The van der Waals surface area contributed by atoms with Crippen LogP contribution in [0.25, 0.3) is 4.72 Å². The molecule has 0 atom stereocenters. The van der Waals surface area contributed by atoms with E-state index < -0.39 is 10.0 Å². The van der Waals surface area contributed by atoms with Gasteiger partial charge in [-0.25, -0.2) is 8.42 Å². The highest BCUT2D eigenvalue weighted by atomic mass is 35.5. The SMILES string of the molecule is Cc1noc([N-]S(=O)(=O)c2ccc(NC(=O)c3ccc(Cl)cc3)cc2)c1C. The van der Waals surface area contributed by atoms with Crippen LogP contribution in [0.4, 0.5) is 11.6 Å². The quantitative estimate of drug-likeness (QED) is 0.669.